The van der Waals surface area contributed by atoms with Gasteiger partial charge in [-0.25, -0.2) is 0 Å². The summed E-state index contributed by atoms with van der Waals surface area (Å²) in [5.74, 6) is -2.95. The largest absolute Gasteiger partial charge is 0.481 e. The van der Waals surface area contributed by atoms with Crippen molar-refractivity contribution in [2.75, 3.05) is 12.0 Å². The number of aliphatic carboxylic acids is 2. The minimum Gasteiger partial charge on any atom is -0.481 e. The highest BCUT2D eigenvalue weighted by molar-refractivity contribution is 7.98. The summed E-state index contributed by atoms with van der Waals surface area (Å²) in [6.45, 7) is 1.31. The molecule has 0 aromatic rings. The Hall–Kier alpha value is -1.81. The first kappa shape index (κ1) is 21.2. The number of carboxylic acid groups (broad SMARTS) is 2. The van der Waals surface area contributed by atoms with Crippen LogP contribution >= 0.6 is 11.8 Å². The van der Waals surface area contributed by atoms with Crippen molar-refractivity contribution < 1.29 is 29.4 Å². The summed E-state index contributed by atoms with van der Waals surface area (Å²) in [6.07, 6.45) is 1.82. The van der Waals surface area contributed by atoms with Crippen molar-refractivity contribution >= 4 is 35.5 Å². The minimum absolute atomic E-state index is 0.0520. The normalized spacial score (nSPS) is 14.4. The molecule has 3 unspecified atom stereocenters. The molecule has 0 saturated carbocycles. The van der Waals surface area contributed by atoms with Crippen molar-refractivity contribution in [2.24, 2.45) is 5.73 Å². The summed E-state index contributed by atoms with van der Waals surface area (Å²) in [5, 5.41) is 22.1. The van der Waals surface area contributed by atoms with Crippen molar-refractivity contribution in [1.82, 2.24) is 10.6 Å². The van der Waals surface area contributed by atoms with Crippen LogP contribution in [0.5, 0.6) is 0 Å². The molecule has 6 N–H and O–H groups in total. The van der Waals surface area contributed by atoms with E-state index in [0.29, 0.717) is 12.2 Å². The quantitative estimate of drug-likeness (QED) is 0.318. The Bertz CT molecular complexity index is 445. The molecule has 132 valence electrons. The highest BCUT2D eigenvalue weighted by Crippen LogP contribution is 2.03. The van der Waals surface area contributed by atoms with Gasteiger partial charge in [0.1, 0.15) is 12.1 Å². The second-order valence-corrected chi connectivity index (χ2v) is 5.94. The van der Waals surface area contributed by atoms with Gasteiger partial charge in [0.2, 0.25) is 11.8 Å². The van der Waals surface area contributed by atoms with Gasteiger partial charge in [0, 0.05) is 6.42 Å². The Morgan fingerprint density at radius 3 is 2.17 bits per heavy atom. The molecule has 0 aliphatic carbocycles. The first-order valence-electron chi connectivity index (χ1n) is 6.98. The average Bonchev–Trinajstić information content (AvgIpc) is 2.48. The van der Waals surface area contributed by atoms with Gasteiger partial charge >= 0.3 is 11.9 Å². The smallest absolute Gasteiger partial charge is 0.325 e. The molecule has 0 spiro atoms. The number of nitrogens with one attached hydrogen (secondary N) is 2. The Balaban J connectivity index is 4.70. The van der Waals surface area contributed by atoms with Crippen LogP contribution in [-0.2, 0) is 19.2 Å². The van der Waals surface area contributed by atoms with Crippen molar-refractivity contribution in [3.8, 4) is 0 Å². The molecule has 3 atom stereocenters. The van der Waals surface area contributed by atoms with E-state index in [4.69, 9.17) is 15.9 Å². The van der Waals surface area contributed by atoms with Crippen molar-refractivity contribution in [1.29, 1.82) is 0 Å². The monoisotopic (exact) mass is 349 g/mol. The Morgan fingerprint density at radius 2 is 1.70 bits per heavy atom. The summed E-state index contributed by atoms with van der Waals surface area (Å²) < 4.78 is 0. The van der Waals surface area contributed by atoms with Crippen molar-refractivity contribution in [2.45, 2.75) is 44.3 Å². The van der Waals surface area contributed by atoms with Crippen LogP contribution in [0, 0.1) is 0 Å². The second-order valence-electron chi connectivity index (χ2n) is 4.95. The lowest BCUT2D eigenvalue weighted by molar-refractivity contribution is -0.141. The molecule has 2 amide bonds. The number of hydrogen-bond donors (Lipinski definition) is 5. The molecule has 23 heavy (non-hydrogen) atoms. The van der Waals surface area contributed by atoms with Crippen LogP contribution in [0.4, 0.5) is 0 Å². The summed E-state index contributed by atoms with van der Waals surface area (Å²) in [6, 6.07) is -3.06. The van der Waals surface area contributed by atoms with Gasteiger partial charge in [-0.3, -0.25) is 19.2 Å². The molecular weight excluding hydrogens is 326 g/mol. The molecule has 0 saturated heterocycles. The zero-order valence-corrected chi connectivity index (χ0v) is 13.9. The maximum absolute atomic E-state index is 12.1. The van der Waals surface area contributed by atoms with Crippen molar-refractivity contribution in [3.63, 3.8) is 0 Å². The molecule has 0 aliphatic heterocycles. The predicted molar refractivity (Wildman–Crippen MR) is 85.0 cm³/mol. The number of carboxylic acids is 2. The molecule has 0 aromatic heterocycles. The third-order valence-electron chi connectivity index (χ3n) is 2.98. The SMILES string of the molecule is CSCCC(NC(=O)C(N)CCC(=O)O)C(=O)NC(C)C(=O)O. The van der Waals surface area contributed by atoms with E-state index < -0.39 is 41.9 Å². The van der Waals surface area contributed by atoms with Gasteiger partial charge in [0.15, 0.2) is 0 Å². The molecular formula is C13H23N3O6S. The predicted octanol–water partition coefficient (Wildman–Crippen LogP) is -0.994. The molecule has 0 rings (SSSR count). The zero-order chi connectivity index (χ0) is 18.0. The lowest BCUT2D eigenvalue weighted by Crippen LogP contribution is -2.54. The van der Waals surface area contributed by atoms with E-state index in [2.05, 4.69) is 10.6 Å². The standard InChI is InChI=1S/C13H23N3O6S/c1-7(13(21)22)15-12(20)9(5-6-23-2)16-11(19)8(14)3-4-10(17)18/h7-9H,3-6,14H2,1-2H3,(H,15,20)(H,16,19)(H,17,18)(H,21,22). The Labute approximate surface area is 138 Å². The van der Waals surface area contributed by atoms with Crippen LogP contribution in [0.1, 0.15) is 26.2 Å². The average molecular weight is 349 g/mol. The van der Waals surface area contributed by atoms with Gasteiger partial charge in [-0.2, -0.15) is 11.8 Å². The van der Waals surface area contributed by atoms with Gasteiger partial charge < -0.3 is 26.6 Å². The van der Waals surface area contributed by atoms with E-state index in [1.54, 1.807) is 0 Å². The first-order chi connectivity index (χ1) is 10.7. The molecule has 0 heterocycles. The maximum atomic E-state index is 12.1. The number of hydrogen-bond acceptors (Lipinski definition) is 6. The molecule has 0 aliphatic rings. The van der Waals surface area contributed by atoms with Crippen LogP contribution < -0.4 is 16.4 Å². The fourth-order valence-corrected chi connectivity index (χ4v) is 2.04. The number of thioether (sulfide) groups is 1. The van der Waals surface area contributed by atoms with Gasteiger partial charge in [-0.1, -0.05) is 0 Å². The third kappa shape index (κ3) is 9.04. The maximum Gasteiger partial charge on any atom is 0.325 e. The number of amides is 2. The lowest BCUT2D eigenvalue weighted by atomic mass is 10.1. The fourth-order valence-electron chi connectivity index (χ4n) is 1.57. The van der Waals surface area contributed by atoms with Gasteiger partial charge in [0.25, 0.3) is 0 Å². The van der Waals surface area contributed by atoms with Gasteiger partial charge in [-0.05, 0) is 31.8 Å². The van der Waals surface area contributed by atoms with Gasteiger partial charge in [0.05, 0.1) is 6.04 Å². The van der Waals surface area contributed by atoms with E-state index in [1.165, 1.54) is 18.7 Å². The number of nitrogens with two attached hydrogens (primary N) is 1. The molecule has 0 aromatic carbocycles. The summed E-state index contributed by atoms with van der Waals surface area (Å²) in [7, 11) is 0. The molecule has 0 radical (unpaired) electrons. The van der Waals surface area contributed by atoms with Crippen molar-refractivity contribution in [3.05, 3.63) is 0 Å². The third-order valence-corrected chi connectivity index (χ3v) is 3.62. The number of rotatable bonds is 11. The number of carbonyl (C=O) groups excluding carboxylic acids is 2. The molecule has 0 bridgehead atoms. The lowest BCUT2D eigenvalue weighted by Gasteiger charge is -2.21. The van der Waals surface area contributed by atoms with E-state index in [0.717, 1.165) is 0 Å². The van der Waals surface area contributed by atoms with Crippen LogP contribution in [0.2, 0.25) is 0 Å². The van der Waals surface area contributed by atoms with Crippen LogP contribution in [0.25, 0.3) is 0 Å². The summed E-state index contributed by atoms with van der Waals surface area (Å²) in [4.78, 5) is 45.2. The van der Waals surface area contributed by atoms with Gasteiger partial charge in [-0.15, -0.1) is 0 Å². The summed E-state index contributed by atoms with van der Waals surface area (Å²) >= 11 is 1.47. The first-order valence-corrected chi connectivity index (χ1v) is 8.38. The number of carbonyl (C=O) groups is 4. The second kappa shape index (κ2) is 10.8. The van der Waals surface area contributed by atoms with E-state index in [-0.39, 0.29) is 12.8 Å². The Morgan fingerprint density at radius 1 is 1.09 bits per heavy atom. The van der Waals surface area contributed by atoms with Crippen LogP contribution in [0.3, 0.4) is 0 Å². The molecule has 9 nitrogen and oxygen atoms in total. The minimum atomic E-state index is -1.19. The van der Waals surface area contributed by atoms with E-state index >= 15 is 0 Å². The van der Waals surface area contributed by atoms with E-state index in [1.807, 2.05) is 6.26 Å². The topological polar surface area (TPSA) is 159 Å². The fraction of sp³-hybridized carbons (Fsp3) is 0.692. The molecule has 10 heteroatoms. The highest BCUT2D eigenvalue weighted by atomic mass is 32.2. The Kier molecular flexibility index (Phi) is 9.99. The van der Waals surface area contributed by atoms with Crippen LogP contribution in [-0.4, -0.2) is 64.1 Å². The highest BCUT2D eigenvalue weighted by Gasteiger charge is 2.26. The van der Waals surface area contributed by atoms with E-state index in [9.17, 15) is 19.2 Å². The molecule has 0 fully saturated rings. The zero-order valence-electron chi connectivity index (χ0n) is 13.1. The summed E-state index contributed by atoms with van der Waals surface area (Å²) in [5.41, 5.74) is 5.59. The van der Waals surface area contributed by atoms with Crippen LogP contribution in [0.15, 0.2) is 0 Å².